The molecular formula is C18H30BrN5O2Si. The lowest BCUT2D eigenvalue weighted by Gasteiger charge is -2.27. The average molecular weight is 456 g/mol. The first-order valence-electron chi connectivity index (χ1n) is 9.56. The number of hydrogen-bond acceptors (Lipinski definition) is 6. The molecule has 2 N–H and O–H groups in total. The van der Waals surface area contributed by atoms with Crippen LogP contribution in [0.1, 0.15) is 33.6 Å². The Hall–Kier alpha value is -1.19. The van der Waals surface area contributed by atoms with Crippen molar-refractivity contribution < 1.29 is 9.47 Å². The number of imidazole rings is 1. The van der Waals surface area contributed by atoms with Crippen molar-refractivity contribution in [3.63, 3.8) is 0 Å². The number of halogens is 1. The van der Waals surface area contributed by atoms with Gasteiger partial charge in [-0.3, -0.25) is 4.57 Å². The molecule has 0 amide bonds. The number of aromatic nitrogens is 4. The van der Waals surface area contributed by atoms with Gasteiger partial charge in [0.25, 0.3) is 0 Å². The second kappa shape index (κ2) is 7.33. The zero-order chi connectivity index (χ0) is 20.0. The van der Waals surface area contributed by atoms with Gasteiger partial charge in [-0.1, -0.05) is 33.5 Å². The SMILES string of the molecule is CCC1OC(C)(n2c(Br)nc3c(OCC[Si](C)(C)C)nc(N)nc32)CC1C. The maximum absolute atomic E-state index is 6.41. The molecule has 3 heterocycles. The maximum Gasteiger partial charge on any atom is 0.247 e. The van der Waals surface area contributed by atoms with E-state index in [1.54, 1.807) is 0 Å². The molecule has 0 saturated carbocycles. The van der Waals surface area contributed by atoms with E-state index in [0.717, 1.165) is 18.9 Å². The van der Waals surface area contributed by atoms with Crippen LogP contribution in [0.25, 0.3) is 11.2 Å². The van der Waals surface area contributed by atoms with Gasteiger partial charge in [0, 0.05) is 14.5 Å². The molecule has 3 unspecified atom stereocenters. The minimum Gasteiger partial charge on any atom is -0.476 e. The molecule has 27 heavy (non-hydrogen) atoms. The minimum absolute atomic E-state index is 0.181. The molecule has 7 nitrogen and oxygen atoms in total. The second-order valence-electron chi connectivity index (χ2n) is 8.86. The quantitative estimate of drug-likeness (QED) is 0.512. The Kier molecular flexibility index (Phi) is 5.57. The van der Waals surface area contributed by atoms with E-state index in [-0.39, 0.29) is 12.1 Å². The van der Waals surface area contributed by atoms with Crippen LogP contribution in [0.2, 0.25) is 25.7 Å². The fourth-order valence-electron chi connectivity index (χ4n) is 3.75. The normalized spacial score (nSPS) is 26.0. The van der Waals surface area contributed by atoms with Gasteiger partial charge in [0.2, 0.25) is 11.8 Å². The van der Waals surface area contributed by atoms with Crippen LogP contribution in [0.3, 0.4) is 0 Å². The average Bonchev–Trinajstić information content (AvgIpc) is 3.02. The third-order valence-corrected chi connectivity index (χ3v) is 7.39. The fourth-order valence-corrected chi connectivity index (χ4v) is 5.18. The van der Waals surface area contributed by atoms with Crippen LogP contribution in [0.15, 0.2) is 4.73 Å². The fraction of sp³-hybridized carbons (Fsp3) is 0.722. The first-order chi connectivity index (χ1) is 12.5. The molecule has 3 rings (SSSR count). The summed E-state index contributed by atoms with van der Waals surface area (Å²) in [6.45, 7) is 14.0. The van der Waals surface area contributed by atoms with Gasteiger partial charge in [0.05, 0.1) is 12.7 Å². The molecule has 1 saturated heterocycles. The summed E-state index contributed by atoms with van der Waals surface area (Å²) in [6.07, 6.45) is 2.07. The lowest BCUT2D eigenvalue weighted by atomic mass is 9.98. The molecule has 150 valence electrons. The van der Waals surface area contributed by atoms with Gasteiger partial charge < -0.3 is 15.2 Å². The smallest absolute Gasteiger partial charge is 0.247 e. The first-order valence-corrected chi connectivity index (χ1v) is 14.1. The van der Waals surface area contributed by atoms with Gasteiger partial charge in [-0.15, -0.1) is 0 Å². The lowest BCUT2D eigenvalue weighted by molar-refractivity contribution is -0.0862. The number of rotatable bonds is 6. The number of anilines is 1. The molecule has 2 aromatic heterocycles. The molecule has 3 atom stereocenters. The van der Waals surface area contributed by atoms with E-state index < -0.39 is 13.8 Å². The molecule has 0 aliphatic carbocycles. The van der Waals surface area contributed by atoms with Crippen molar-refractivity contribution in [1.82, 2.24) is 19.5 Å². The van der Waals surface area contributed by atoms with Crippen molar-refractivity contribution in [2.45, 2.75) is 71.1 Å². The summed E-state index contributed by atoms with van der Waals surface area (Å²) < 4.78 is 15.0. The van der Waals surface area contributed by atoms with Crippen LogP contribution >= 0.6 is 15.9 Å². The standard InChI is InChI=1S/C18H30BrN5O2Si/c1-7-12-11(2)10-18(3,26-12)24-14-13(21-16(24)19)15(23-17(20)22-14)25-8-9-27(4,5)6/h11-12H,7-10H2,1-6H3,(H2,20,22,23). The van der Waals surface area contributed by atoms with Gasteiger partial charge >= 0.3 is 0 Å². The Labute approximate surface area is 170 Å². The van der Waals surface area contributed by atoms with Crippen molar-refractivity contribution in [2.75, 3.05) is 12.3 Å². The van der Waals surface area contributed by atoms with E-state index in [0.29, 0.717) is 34.3 Å². The summed E-state index contributed by atoms with van der Waals surface area (Å²) in [7, 11) is -1.21. The molecular weight excluding hydrogens is 426 g/mol. The highest BCUT2D eigenvalue weighted by Crippen LogP contribution is 2.43. The van der Waals surface area contributed by atoms with Crippen molar-refractivity contribution in [2.24, 2.45) is 5.92 Å². The Morgan fingerprint density at radius 2 is 2.04 bits per heavy atom. The third-order valence-electron chi connectivity index (χ3n) is 5.16. The third kappa shape index (κ3) is 4.14. The maximum atomic E-state index is 6.41. The Balaban J connectivity index is 2.00. The largest absolute Gasteiger partial charge is 0.476 e. The number of ether oxygens (including phenoxy) is 2. The topological polar surface area (TPSA) is 88.1 Å². The van der Waals surface area contributed by atoms with Crippen LogP contribution in [0.4, 0.5) is 5.95 Å². The Bertz CT molecular complexity index is 837. The van der Waals surface area contributed by atoms with Crippen LogP contribution in [0.5, 0.6) is 5.88 Å². The number of fused-ring (bicyclic) bond motifs is 1. The highest BCUT2D eigenvalue weighted by molar-refractivity contribution is 9.10. The number of hydrogen-bond donors (Lipinski definition) is 1. The van der Waals surface area contributed by atoms with E-state index in [1.807, 2.05) is 4.57 Å². The van der Waals surface area contributed by atoms with Crippen LogP contribution in [-0.4, -0.2) is 40.3 Å². The molecule has 1 aliphatic heterocycles. The Morgan fingerprint density at radius 1 is 1.33 bits per heavy atom. The first kappa shape index (κ1) is 20.5. The molecule has 0 radical (unpaired) electrons. The Morgan fingerprint density at radius 3 is 2.63 bits per heavy atom. The van der Waals surface area contributed by atoms with E-state index in [2.05, 4.69) is 71.3 Å². The van der Waals surface area contributed by atoms with Gasteiger partial charge in [0.15, 0.2) is 15.9 Å². The summed E-state index contributed by atoms with van der Waals surface area (Å²) in [5.41, 5.74) is 6.71. The van der Waals surface area contributed by atoms with Crippen molar-refractivity contribution in [3.05, 3.63) is 4.73 Å². The van der Waals surface area contributed by atoms with Crippen LogP contribution < -0.4 is 10.5 Å². The highest BCUT2D eigenvalue weighted by Gasteiger charge is 2.44. The monoisotopic (exact) mass is 455 g/mol. The van der Waals surface area contributed by atoms with E-state index in [4.69, 9.17) is 15.2 Å². The molecule has 0 bridgehead atoms. The molecule has 1 aliphatic rings. The van der Waals surface area contributed by atoms with Crippen LogP contribution in [0, 0.1) is 5.92 Å². The van der Waals surface area contributed by atoms with E-state index >= 15 is 0 Å². The van der Waals surface area contributed by atoms with Gasteiger partial charge in [-0.2, -0.15) is 9.97 Å². The van der Waals surface area contributed by atoms with Crippen LogP contribution in [-0.2, 0) is 10.5 Å². The van der Waals surface area contributed by atoms with Crippen molar-refractivity contribution in [3.8, 4) is 5.88 Å². The zero-order valence-corrected chi connectivity index (χ0v) is 19.6. The summed E-state index contributed by atoms with van der Waals surface area (Å²) in [6, 6.07) is 1.04. The predicted octanol–water partition coefficient (Wildman–Crippen LogP) is 4.40. The predicted molar refractivity (Wildman–Crippen MR) is 114 cm³/mol. The zero-order valence-electron chi connectivity index (χ0n) is 17.0. The highest BCUT2D eigenvalue weighted by atomic mass is 79.9. The number of nitrogens with two attached hydrogens (primary N) is 1. The minimum atomic E-state index is -1.21. The summed E-state index contributed by atoms with van der Waals surface area (Å²) in [5, 5.41) is 0. The number of nitrogen functional groups attached to an aromatic ring is 1. The summed E-state index contributed by atoms with van der Waals surface area (Å²) >= 11 is 3.59. The van der Waals surface area contributed by atoms with E-state index in [9.17, 15) is 0 Å². The second-order valence-corrected chi connectivity index (χ2v) is 15.2. The van der Waals surface area contributed by atoms with Gasteiger partial charge in [-0.05, 0) is 41.2 Å². The molecule has 9 heteroatoms. The van der Waals surface area contributed by atoms with Gasteiger partial charge in [0.1, 0.15) is 5.72 Å². The lowest BCUT2D eigenvalue weighted by Crippen LogP contribution is -2.30. The van der Waals surface area contributed by atoms with Crippen molar-refractivity contribution in [1.29, 1.82) is 0 Å². The number of nitrogens with zero attached hydrogens (tertiary/aromatic N) is 4. The summed E-state index contributed by atoms with van der Waals surface area (Å²) in [5.74, 6) is 1.08. The van der Waals surface area contributed by atoms with Crippen molar-refractivity contribution >= 4 is 41.1 Å². The molecule has 0 aromatic carbocycles. The molecule has 0 spiro atoms. The molecule has 2 aromatic rings. The van der Waals surface area contributed by atoms with E-state index in [1.165, 1.54) is 0 Å². The van der Waals surface area contributed by atoms with Gasteiger partial charge in [-0.25, -0.2) is 4.98 Å². The molecule has 1 fully saturated rings. The summed E-state index contributed by atoms with van der Waals surface area (Å²) in [4.78, 5) is 13.4.